The maximum Gasteiger partial charge on any atom is 0.257 e. The average molecular weight is 389 g/mol. The molecule has 2 aliphatic rings. The summed E-state index contributed by atoms with van der Waals surface area (Å²) in [5.74, 6) is 0.739. The lowest BCUT2D eigenvalue weighted by molar-refractivity contribution is -0.117. The highest BCUT2D eigenvalue weighted by atomic mass is 16.5. The molecule has 1 heterocycles. The zero-order valence-corrected chi connectivity index (χ0v) is 17.2. The molecule has 1 fully saturated rings. The van der Waals surface area contributed by atoms with Crippen molar-refractivity contribution in [2.75, 3.05) is 39.2 Å². The molecule has 7 heteroatoms. The van der Waals surface area contributed by atoms with E-state index in [9.17, 15) is 9.59 Å². The number of ether oxygens (including phenoxy) is 2. The largest absolute Gasteiger partial charge is 0.491 e. The first-order chi connectivity index (χ1) is 13.4. The first-order valence-corrected chi connectivity index (χ1v) is 9.98. The number of nitrogens with zero attached hydrogens (tertiary/aromatic N) is 1. The van der Waals surface area contributed by atoms with Crippen LogP contribution < -0.4 is 15.4 Å². The number of rotatable bonds is 3. The molecule has 3 rings (SSSR count). The molecule has 28 heavy (non-hydrogen) atoms. The lowest BCUT2D eigenvalue weighted by Gasteiger charge is -2.30. The Hall–Kier alpha value is -2.12. The molecule has 0 aromatic heterocycles. The summed E-state index contributed by atoms with van der Waals surface area (Å²) in [5, 5.41) is 6.37. The molecule has 0 saturated heterocycles. The van der Waals surface area contributed by atoms with E-state index in [1.165, 1.54) is 0 Å². The second-order valence-electron chi connectivity index (χ2n) is 8.03. The zero-order valence-electron chi connectivity index (χ0n) is 17.2. The van der Waals surface area contributed by atoms with Crippen LogP contribution in [0.5, 0.6) is 5.75 Å². The number of carbonyl (C=O) groups is 2. The van der Waals surface area contributed by atoms with Crippen LogP contribution in [-0.4, -0.2) is 62.7 Å². The van der Waals surface area contributed by atoms with Crippen molar-refractivity contribution in [1.29, 1.82) is 0 Å². The molecule has 7 nitrogen and oxygen atoms in total. The van der Waals surface area contributed by atoms with Crippen molar-refractivity contribution in [2.24, 2.45) is 11.8 Å². The van der Waals surface area contributed by atoms with Gasteiger partial charge in [-0.05, 0) is 43.9 Å². The fourth-order valence-corrected chi connectivity index (χ4v) is 3.33. The van der Waals surface area contributed by atoms with Crippen molar-refractivity contribution in [3.63, 3.8) is 0 Å². The third-order valence-electron chi connectivity index (χ3n) is 5.44. The predicted molar refractivity (Wildman–Crippen MR) is 108 cm³/mol. The van der Waals surface area contributed by atoms with E-state index < -0.39 is 0 Å². The van der Waals surface area contributed by atoms with Crippen LogP contribution in [0, 0.1) is 11.8 Å². The number of methoxy groups -OCH3 is 1. The van der Waals surface area contributed by atoms with Crippen LogP contribution in [-0.2, 0) is 9.53 Å². The van der Waals surface area contributed by atoms with Crippen LogP contribution in [0.25, 0.3) is 0 Å². The minimum Gasteiger partial charge on any atom is -0.491 e. The molecule has 0 unspecified atom stereocenters. The van der Waals surface area contributed by atoms with Gasteiger partial charge in [0.25, 0.3) is 5.91 Å². The molecule has 1 aliphatic heterocycles. The van der Waals surface area contributed by atoms with Crippen LogP contribution in [0.1, 0.15) is 37.0 Å². The van der Waals surface area contributed by atoms with Gasteiger partial charge in [-0.3, -0.25) is 9.59 Å². The molecular formula is C21H31N3O4. The first kappa shape index (κ1) is 20.6. The summed E-state index contributed by atoms with van der Waals surface area (Å²) < 4.78 is 11.6. The summed E-state index contributed by atoms with van der Waals surface area (Å²) >= 11 is 0. The summed E-state index contributed by atoms with van der Waals surface area (Å²) in [6.07, 6.45) is 1.79. The minimum atomic E-state index is -0.145. The summed E-state index contributed by atoms with van der Waals surface area (Å²) in [5.41, 5.74) is 1.07. The summed E-state index contributed by atoms with van der Waals surface area (Å²) in [6.45, 7) is 5.87. The molecule has 3 atom stereocenters. The zero-order chi connectivity index (χ0) is 20.3. The standard InChI is InChI=1S/C21H31N3O4/c1-13-10-22-14(2)12-28-18-8-7-16(23-20(25)15-5-6-15)9-17(18)21(26)24(3)11-19(13)27-4/h7-9,13-15,19,22H,5-6,10-12H2,1-4H3,(H,23,25)/t13-,14+,19+/m0/s1. The van der Waals surface area contributed by atoms with Crippen LogP contribution >= 0.6 is 0 Å². The molecule has 2 amide bonds. The number of nitrogens with one attached hydrogen (secondary N) is 2. The van der Waals surface area contributed by atoms with Crippen molar-refractivity contribution < 1.29 is 19.1 Å². The number of hydrogen-bond donors (Lipinski definition) is 2. The molecular weight excluding hydrogens is 358 g/mol. The molecule has 1 aromatic carbocycles. The lowest BCUT2D eigenvalue weighted by atomic mass is 10.0. The normalized spacial score (nSPS) is 26.5. The van der Waals surface area contributed by atoms with Gasteiger partial charge in [0.1, 0.15) is 12.4 Å². The SMILES string of the molecule is CO[C@@H]1CN(C)C(=O)c2cc(NC(=O)C3CC3)ccc2OC[C@@H](C)NC[C@@H]1C. The average Bonchev–Trinajstić information content (AvgIpc) is 3.53. The van der Waals surface area contributed by atoms with E-state index in [4.69, 9.17) is 9.47 Å². The molecule has 1 saturated carbocycles. The summed E-state index contributed by atoms with van der Waals surface area (Å²) in [6, 6.07) is 5.40. The topological polar surface area (TPSA) is 79.9 Å². The second kappa shape index (κ2) is 8.92. The Morgan fingerprint density at radius 2 is 2.07 bits per heavy atom. The highest BCUT2D eigenvalue weighted by Crippen LogP contribution is 2.31. The Labute approximate surface area is 166 Å². The predicted octanol–water partition coefficient (Wildman–Crippen LogP) is 2.13. The third-order valence-corrected chi connectivity index (χ3v) is 5.44. The number of fused-ring (bicyclic) bond motifs is 1. The number of likely N-dealkylation sites (N-methyl/N-ethyl adjacent to an activating group) is 1. The lowest BCUT2D eigenvalue weighted by Crippen LogP contribution is -2.44. The van der Waals surface area contributed by atoms with E-state index in [0.29, 0.717) is 30.2 Å². The van der Waals surface area contributed by atoms with Gasteiger partial charge in [-0.2, -0.15) is 0 Å². The van der Waals surface area contributed by atoms with Gasteiger partial charge in [0.2, 0.25) is 5.91 Å². The monoisotopic (exact) mass is 389 g/mol. The molecule has 0 bridgehead atoms. The Balaban J connectivity index is 1.87. The highest BCUT2D eigenvalue weighted by Gasteiger charge is 2.30. The van der Waals surface area contributed by atoms with Gasteiger partial charge in [-0.1, -0.05) is 6.92 Å². The summed E-state index contributed by atoms with van der Waals surface area (Å²) in [7, 11) is 3.44. The molecule has 0 spiro atoms. The second-order valence-corrected chi connectivity index (χ2v) is 8.03. The quantitative estimate of drug-likeness (QED) is 0.828. The maximum absolute atomic E-state index is 13.1. The van der Waals surface area contributed by atoms with Crippen molar-refractivity contribution in [1.82, 2.24) is 10.2 Å². The fraction of sp³-hybridized carbons (Fsp3) is 0.619. The fourth-order valence-electron chi connectivity index (χ4n) is 3.33. The van der Waals surface area contributed by atoms with E-state index in [1.54, 1.807) is 37.3 Å². The molecule has 154 valence electrons. The number of carbonyl (C=O) groups excluding carboxylic acids is 2. The summed E-state index contributed by atoms with van der Waals surface area (Å²) in [4.78, 5) is 26.9. The van der Waals surface area contributed by atoms with Gasteiger partial charge in [0.05, 0.1) is 11.7 Å². The van der Waals surface area contributed by atoms with Gasteiger partial charge < -0.3 is 25.0 Å². The van der Waals surface area contributed by atoms with E-state index in [1.807, 2.05) is 0 Å². The van der Waals surface area contributed by atoms with Crippen molar-refractivity contribution in [3.8, 4) is 5.75 Å². The Bertz CT molecular complexity index is 720. The number of amides is 2. The van der Waals surface area contributed by atoms with E-state index >= 15 is 0 Å². The van der Waals surface area contributed by atoms with Crippen LogP contribution in [0.2, 0.25) is 0 Å². The van der Waals surface area contributed by atoms with Crippen LogP contribution in [0.4, 0.5) is 5.69 Å². The Morgan fingerprint density at radius 3 is 2.75 bits per heavy atom. The molecule has 2 N–H and O–H groups in total. The number of hydrogen-bond acceptors (Lipinski definition) is 5. The first-order valence-electron chi connectivity index (χ1n) is 9.98. The third kappa shape index (κ3) is 5.02. The van der Waals surface area contributed by atoms with Crippen LogP contribution in [0.3, 0.4) is 0 Å². The van der Waals surface area contributed by atoms with Crippen molar-refractivity contribution >= 4 is 17.5 Å². The van der Waals surface area contributed by atoms with Gasteiger partial charge in [0, 0.05) is 44.9 Å². The smallest absolute Gasteiger partial charge is 0.257 e. The molecule has 1 aliphatic carbocycles. The number of anilines is 1. The minimum absolute atomic E-state index is 0.0147. The maximum atomic E-state index is 13.1. The van der Waals surface area contributed by atoms with Gasteiger partial charge in [-0.25, -0.2) is 0 Å². The van der Waals surface area contributed by atoms with Gasteiger partial charge in [-0.15, -0.1) is 0 Å². The van der Waals surface area contributed by atoms with Crippen molar-refractivity contribution in [2.45, 2.75) is 38.8 Å². The Kier molecular flexibility index (Phi) is 6.57. The van der Waals surface area contributed by atoms with Crippen molar-refractivity contribution in [3.05, 3.63) is 23.8 Å². The van der Waals surface area contributed by atoms with Gasteiger partial charge >= 0.3 is 0 Å². The number of benzene rings is 1. The molecule has 1 aromatic rings. The van der Waals surface area contributed by atoms with E-state index in [-0.39, 0.29) is 35.8 Å². The van der Waals surface area contributed by atoms with E-state index in [0.717, 1.165) is 19.4 Å². The molecule has 0 radical (unpaired) electrons. The van der Waals surface area contributed by atoms with Crippen LogP contribution in [0.15, 0.2) is 18.2 Å². The highest BCUT2D eigenvalue weighted by molar-refractivity contribution is 6.00. The Morgan fingerprint density at radius 1 is 1.32 bits per heavy atom. The van der Waals surface area contributed by atoms with Gasteiger partial charge in [0.15, 0.2) is 0 Å². The van der Waals surface area contributed by atoms with E-state index in [2.05, 4.69) is 24.5 Å².